The Balaban J connectivity index is 2.31. The lowest BCUT2D eigenvalue weighted by Crippen LogP contribution is -2.03. The molecule has 14 heavy (non-hydrogen) atoms. The Bertz CT molecular complexity index is 307. The van der Waals surface area contributed by atoms with Crippen molar-refractivity contribution < 1.29 is 14.6 Å². The monoisotopic (exact) mass is 194 g/mol. The van der Waals surface area contributed by atoms with Crippen LogP contribution in [0.5, 0.6) is 0 Å². The number of hydrogen-bond acceptors (Lipinski definition) is 2. The maximum Gasteiger partial charge on any atom is 0.305 e. The van der Waals surface area contributed by atoms with E-state index in [1.54, 1.807) is 0 Å². The van der Waals surface area contributed by atoms with Crippen molar-refractivity contribution in [2.45, 2.75) is 20.0 Å². The fourth-order valence-electron chi connectivity index (χ4n) is 1.11. The highest BCUT2D eigenvalue weighted by molar-refractivity contribution is 5.66. The van der Waals surface area contributed by atoms with Gasteiger partial charge in [-0.1, -0.05) is 24.3 Å². The molecule has 0 heterocycles. The van der Waals surface area contributed by atoms with Gasteiger partial charge in [0, 0.05) is 0 Å². The quantitative estimate of drug-likeness (QED) is 0.729. The Hall–Kier alpha value is -1.35. The normalized spacial score (nSPS) is 10.1. The van der Waals surface area contributed by atoms with Gasteiger partial charge in [-0.15, -0.1) is 0 Å². The van der Waals surface area contributed by atoms with Gasteiger partial charge >= 0.3 is 5.97 Å². The van der Waals surface area contributed by atoms with Crippen LogP contribution in [-0.2, 0) is 16.1 Å². The van der Waals surface area contributed by atoms with Crippen LogP contribution >= 0.6 is 0 Å². The Morgan fingerprint density at radius 3 is 2.79 bits per heavy atom. The smallest absolute Gasteiger partial charge is 0.305 e. The molecule has 1 rings (SSSR count). The molecule has 0 aliphatic rings. The third kappa shape index (κ3) is 3.58. The summed E-state index contributed by atoms with van der Waals surface area (Å²) in [6, 6.07) is 7.91. The van der Waals surface area contributed by atoms with E-state index in [0.29, 0.717) is 6.61 Å². The number of ether oxygens (including phenoxy) is 1. The number of rotatable bonds is 5. The van der Waals surface area contributed by atoms with Gasteiger partial charge in [0.2, 0.25) is 0 Å². The van der Waals surface area contributed by atoms with Crippen molar-refractivity contribution in [3.8, 4) is 0 Å². The molecular formula is C11H14O3. The lowest BCUT2D eigenvalue weighted by Gasteiger charge is -2.05. The van der Waals surface area contributed by atoms with Crippen LogP contribution in [0.2, 0.25) is 0 Å². The number of carbonyl (C=O) groups is 1. The molecule has 1 N–H and O–H groups in total. The fraction of sp³-hybridized carbons (Fsp3) is 0.364. The number of carboxylic acids is 1. The fourth-order valence-corrected chi connectivity index (χ4v) is 1.11. The zero-order valence-corrected chi connectivity index (χ0v) is 8.19. The Kier molecular flexibility index (Phi) is 4.13. The molecule has 0 atom stereocenters. The number of carboxylic acid groups (broad SMARTS) is 1. The first-order chi connectivity index (χ1) is 6.70. The molecule has 0 radical (unpaired) electrons. The summed E-state index contributed by atoms with van der Waals surface area (Å²) in [5.74, 6) is -0.824. The first kappa shape index (κ1) is 10.7. The Morgan fingerprint density at radius 1 is 1.43 bits per heavy atom. The second-order valence-corrected chi connectivity index (χ2v) is 3.12. The highest BCUT2D eigenvalue weighted by Crippen LogP contribution is 2.08. The van der Waals surface area contributed by atoms with E-state index >= 15 is 0 Å². The van der Waals surface area contributed by atoms with Crippen LogP contribution in [0.3, 0.4) is 0 Å². The Labute approximate surface area is 83.3 Å². The van der Waals surface area contributed by atoms with E-state index in [4.69, 9.17) is 9.84 Å². The molecule has 3 nitrogen and oxygen atoms in total. The van der Waals surface area contributed by atoms with Gasteiger partial charge in [-0.3, -0.25) is 4.79 Å². The summed E-state index contributed by atoms with van der Waals surface area (Å²) in [6.45, 7) is 2.76. The topological polar surface area (TPSA) is 46.5 Å². The molecule has 0 aliphatic heterocycles. The van der Waals surface area contributed by atoms with Crippen LogP contribution < -0.4 is 0 Å². The molecule has 0 saturated heterocycles. The summed E-state index contributed by atoms with van der Waals surface area (Å²) < 4.78 is 5.23. The standard InChI is InChI=1S/C11H14O3/c1-9-4-2-3-5-10(9)8-14-7-6-11(12)13/h2-5H,6-8H2,1H3,(H,12,13). The van der Waals surface area contributed by atoms with Crippen LogP contribution in [-0.4, -0.2) is 17.7 Å². The maximum atomic E-state index is 10.2. The van der Waals surface area contributed by atoms with Crippen molar-refractivity contribution in [3.63, 3.8) is 0 Å². The number of benzene rings is 1. The summed E-state index contributed by atoms with van der Waals surface area (Å²) in [5.41, 5.74) is 2.28. The van der Waals surface area contributed by atoms with Crippen LogP contribution in [0.4, 0.5) is 0 Å². The molecule has 0 amide bonds. The van der Waals surface area contributed by atoms with Crippen molar-refractivity contribution in [1.82, 2.24) is 0 Å². The largest absolute Gasteiger partial charge is 0.481 e. The van der Waals surface area contributed by atoms with Crippen molar-refractivity contribution in [2.24, 2.45) is 0 Å². The minimum Gasteiger partial charge on any atom is -0.481 e. The summed E-state index contributed by atoms with van der Waals surface area (Å²) in [4.78, 5) is 10.2. The number of aryl methyl sites for hydroxylation is 1. The molecular weight excluding hydrogens is 180 g/mol. The first-order valence-corrected chi connectivity index (χ1v) is 4.54. The van der Waals surface area contributed by atoms with Crippen molar-refractivity contribution >= 4 is 5.97 Å². The van der Waals surface area contributed by atoms with Gasteiger partial charge in [0.25, 0.3) is 0 Å². The summed E-state index contributed by atoms with van der Waals surface area (Å²) in [6.07, 6.45) is 0.0614. The average Bonchev–Trinajstić information content (AvgIpc) is 2.15. The van der Waals surface area contributed by atoms with Gasteiger partial charge in [-0.05, 0) is 18.1 Å². The number of hydrogen-bond donors (Lipinski definition) is 1. The zero-order chi connectivity index (χ0) is 10.4. The molecule has 76 valence electrons. The molecule has 0 aliphatic carbocycles. The number of aliphatic carboxylic acids is 1. The van der Waals surface area contributed by atoms with E-state index in [1.165, 1.54) is 5.56 Å². The van der Waals surface area contributed by atoms with Gasteiger partial charge in [0.05, 0.1) is 19.6 Å². The van der Waals surface area contributed by atoms with Crippen molar-refractivity contribution in [1.29, 1.82) is 0 Å². The van der Waals surface area contributed by atoms with E-state index in [0.717, 1.165) is 5.56 Å². The van der Waals surface area contributed by atoms with Gasteiger partial charge in [0.1, 0.15) is 0 Å². The molecule has 0 spiro atoms. The molecule has 0 aromatic heterocycles. The highest BCUT2D eigenvalue weighted by Gasteiger charge is 1.99. The molecule has 0 bridgehead atoms. The lowest BCUT2D eigenvalue weighted by molar-refractivity contribution is -0.138. The molecule has 1 aromatic carbocycles. The van der Waals surface area contributed by atoms with E-state index in [2.05, 4.69) is 0 Å². The second kappa shape index (κ2) is 5.40. The van der Waals surface area contributed by atoms with Gasteiger partial charge in [0.15, 0.2) is 0 Å². The summed E-state index contributed by atoms with van der Waals surface area (Å²) >= 11 is 0. The van der Waals surface area contributed by atoms with Crippen molar-refractivity contribution in [2.75, 3.05) is 6.61 Å². The molecule has 0 fully saturated rings. The summed E-state index contributed by atoms with van der Waals surface area (Å²) in [5, 5.41) is 8.39. The minimum absolute atomic E-state index is 0.0614. The van der Waals surface area contributed by atoms with E-state index in [-0.39, 0.29) is 13.0 Å². The maximum absolute atomic E-state index is 10.2. The molecule has 1 aromatic rings. The van der Waals surface area contributed by atoms with Gasteiger partial charge in [-0.25, -0.2) is 0 Å². The zero-order valence-electron chi connectivity index (χ0n) is 8.19. The van der Waals surface area contributed by atoms with E-state index in [1.807, 2.05) is 31.2 Å². The van der Waals surface area contributed by atoms with Crippen LogP contribution in [0, 0.1) is 6.92 Å². The van der Waals surface area contributed by atoms with Crippen molar-refractivity contribution in [3.05, 3.63) is 35.4 Å². The van der Waals surface area contributed by atoms with E-state index < -0.39 is 5.97 Å². The summed E-state index contributed by atoms with van der Waals surface area (Å²) in [7, 11) is 0. The molecule has 3 heteroatoms. The van der Waals surface area contributed by atoms with E-state index in [9.17, 15) is 4.79 Å². The van der Waals surface area contributed by atoms with Crippen LogP contribution in [0.15, 0.2) is 24.3 Å². The average molecular weight is 194 g/mol. The lowest BCUT2D eigenvalue weighted by atomic mass is 10.1. The van der Waals surface area contributed by atoms with Gasteiger partial charge in [-0.2, -0.15) is 0 Å². The Morgan fingerprint density at radius 2 is 2.14 bits per heavy atom. The third-order valence-corrected chi connectivity index (χ3v) is 1.98. The third-order valence-electron chi connectivity index (χ3n) is 1.98. The predicted octanol–water partition coefficient (Wildman–Crippen LogP) is 1.99. The molecule has 0 saturated carbocycles. The first-order valence-electron chi connectivity index (χ1n) is 4.54. The van der Waals surface area contributed by atoms with Gasteiger partial charge < -0.3 is 9.84 Å². The SMILES string of the molecule is Cc1ccccc1COCCC(=O)O. The minimum atomic E-state index is -0.824. The molecule has 0 unspecified atom stereocenters. The predicted molar refractivity (Wildman–Crippen MR) is 53.1 cm³/mol. The van der Waals surface area contributed by atoms with Crippen LogP contribution in [0.1, 0.15) is 17.5 Å². The highest BCUT2D eigenvalue weighted by atomic mass is 16.5. The van der Waals surface area contributed by atoms with Crippen LogP contribution in [0.25, 0.3) is 0 Å². The second-order valence-electron chi connectivity index (χ2n) is 3.12.